The van der Waals surface area contributed by atoms with Gasteiger partial charge >= 0.3 is 0 Å². The molecule has 4 heteroatoms. The summed E-state index contributed by atoms with van der Waals surface area (Å²) < 4.78 is 6.67. The van der Waals surface area contributed by atoms with Crippen molar-refractivity contribution >= 4 is 38.3 Å². The van der Waals surface area contributed by atoms with Crippen LogP contribution in [0.3, 0.4) is 0 Å². The molecule has 0 saturated heterocycles. The number of aromatic nitrogens is 3. The van der Waals surface area contributed by atoms with Gasteiger partial charge in [-0.25, -0.2) is 15.0 Å². The van der Waals surface area contributed by atoms with Crippen LogP contribution in [-0.4, -0.2) is 15.0 Å². The maximum atomic E-state index is 6.67. The second-order valence-electron chi connectivity index (χ2n) is 13.1. The Morgan fingerprint density at radius 1 is 0.412 bits per heavy atom. The van der Waals surface area contributed by atoms with Crippen molar-refractivity contribution in [2.75, 3.05) is 0 Å². The van der Waals surface area contributed by atoms with E-state index in [9.17, 15) is 0 Å². The molecule has 0 unspecified atom stereocenters. The van der Waals surface area contributed by atoms with Gasteiger partial charge in [0.1, 0.15) is 11.2 Å². The van der Waals surface area contributed by atoms with Gasteiger partial charge in [0.15, 0.2) is 17.5 Å². The lowest BCUT2D eigenvalue weighted by Crippen LogP contribution is -2.01. The van der Waals surface area contributed by atoms with Gasteiger partial charge in [0.2, 0.25) is 0 Å². The minimum absolute atomic E-state index is 0.601. The lowest BCUT2D eigenvalue weighted by molar-refractivity contribution is 0.673. The first-order valence-electron chi connectivity index (χ1n) is 17.4. The van der Waals surface area contributed by atoms with Crippen LogP contribution in [0.15, 0.2) is 168 Å². The molecule has 0 radical (unpaired) electrons. The van der Waals surface area contributed by atoms with E-state index in [0.717, 1.165) is 56.9 Å². The highest BCUT2D eigenvalue weighted by molar-refractivity contribution is 6.19. The van der Waals surface area contributed by atoms with Gasteiger partial charge in [-0.15, -0.1) is 0 Å². The predicted molar refractivity (Wildman–Crippen MR) is 208 cm³/mol. The minimum Gasteiger partial charge on any atom is -0.455 e. The largest absolute Gasteiger partial charge is 0.455 e. The van der Waals surface area contributed by atoms with E-state index in [1.54, 1.807) is 0 Å². The zero-order valence-corrected chi connectivity index (χ0v) is 27.8. The summed E-state index contributed by atoms with van der Waals surface area (Å²) in [4.78, 5) is 15.1. The van der Waals surface area contributed by atoms with Gasteiger partial charge in [0, 0.05) is 32.8 Å². The van der Waals surface area contributed by atoms with Gasteiger partial charge in [0.05, 0.1) is 0 Å². The van der Waals surface area contributed by atoms with Crippen molar-refractivity contribution in [3.05, 3.63) is 180 Å². The quantitative estimate of drug-likeness (QED) is 0.185. The van der Waals surface area contributed by atoms with Crippen molar-refractivity contribution in [2.24, 2.45) is 0 Å². The summed E-state index contributed by atoms with van der Waals surface area (Å²) in [5.41, 5.74) is 12.0. The number of fused-ring (bicyclic) bond motifs is 6. The molecule has 1 aliphatic rings. The smallest absolute Gasteiger partial charge is 0.164 e. The number of hydrogen-bond donors (Lipinski definition) is 0. The highest BCUT2D eigenvalue weighted by Crippen LogP contribution is 2.41. The zero-order valence-electron chi connectivity index (χ0n) is 27.8. The molecule has 0 N–H and O–H groups in total. The summed E-state index contributed by atoms with van der Waals surface area (Å²) in [6.07, 6.45) is 4.48. The number of nitrogens with zero attached hydrogens (tertiary/aromatic N) is 3. The van der Waals surface area contributed by atoms with E-state index in [0.29, 0.717) is 17.5 Å². The number of benzene rings is 7. The van der Waals surface area contributed by atoms with E-state index >= 15 is 0 Å². The maximum Gasteiger partial charge on any atom is 0.164 e. The molecule has 0 fully saturated rings. The van der Waals surface area contributed by atoms with Crippen LogP contribution in [0.1, 0.15) is 23.1 Å². The lowest BCUT2D eigenvalue weighted by Gasteiger charge is -2.18. The molecule has 2 heterocycles. The molecule has 2 aromatic heterocycles. The Bertz CT molecular complexity index is 2780. The van der Waals surface area contributed by atoms with Crippen molar-refractivity contribution in [1.29, 1.82) is 0 Å². The van der Waals surface area contributed by atoms with Crippen molar-refractivity contribution in [2.45, 2.75) is 12.8 Å². The summed E-state index contributed by atoms with van der Waals surface area (Å²) in [6.45, 7) is 0. The number of allylic oxidation sites excluding steroid dienone is 1. The van der Waals surface area contributed by atoms with Gasteiger partial charge in [-0.3, -0.25) is 0 Å². The Morgan fingerprint density at radius 2 is 1.00 bits per heavy atom. The summed E-state index contributed by atoms with van der Waals surface area (Å²) in [5.74, 6) is 1.86. The number of rotatable bonds is 5. The average molecular weight is 654 g/mol. The highest BCUT2D eigenvalue weighted by atomic mass is 16.3. The molecule has 0 atom stereocenters. The van der Waals surface area contributed by atoms with Crippen LogP contribution in [0, 0.1) is 0 Å². The van der Waals surface area contributed by atoms with Crippen LogP contribution in [0.25, 0.3) is 83.6 Å². The van der Waals surface area contributed by atoms with Crippen molar-refractivity contribution in [3.8, 4) is 45.3 Å². The van der Waals surface area contributed by atoms with Crippen LogP contribution in [0.2, 0.25) is 0 Å². The Kier molecular flexibility index (Phi) is 6.91. The highest BCUT2D eigenvalue weighted by Gasteiger charge is 2.18. The third-order valence-electron chi connectivity index (χ3n) is 10.0. The van der Waals surface area contributed by atoms with Crippen LogP contribution >= 0.6 is 0 Å². The Hall–Kier alpha value is -6.65. The third kappa shape index (κ3) is 5.12. The van der Waals surface area contributed by atoms with E-state index in [4.69, 9.17) is 19.4 Å². The molecule has 4 nitrogen and oxygen atoms in total. The van der Waals surface area contributed by atoms with E-state index in [1.165, 1.54) is 38.8 Å². The summed E-state index contributed by atoms with van der Waals surface area (Å²) in [5, 5.41) is 4.41. The molecule has 1 aliphatic carbocycles. The number of aryl methyl sites for hydroxylation is 1. The molecule has 0 amide bonds. The van der Waals surface area contributed by atoms with Gasteiger partial charge in [-0.2, -0.15) is 0 Å². The van der Waals surface area contributed by atoms with Crippen molar-refractivity contribution in [3.63, 3.8) is 0 Å². The molecule has 0 saturated carbocycles. The van der Waals surface area contributed by atoms with Crippen LogP contribution in [0.5, 0.6) is 0 Å². The number of hydrogen-bond acceptors (Lipinski definition) is 4. The van der Waals surface area contributed by atoms with E-state index < -0.39 is 0 Å². The molecule has 7 aromatic carbocycles. The monoisotopic (exact) mass is 653 g/mol. The van der Waals surface area contributed by atoms with E-state index in [1.807, 2.05) is 30.3 Å². The Balaban J connectivity index is 1.09. The standard InChI is InChI=1S/C47H31N3O/c1-3-12-31(13-4-1)41-29-42-39-27-26-35(28-43(39)51-44(42)40-20-10-9-19-38(40)41)47-49-45(33-15-5-2-6-16-33)48-46(50-47)34-24-22-32(23-25-34)37-21-11-17-30-14-7-8-18-36(30)37/h1-10,12-16,18-29H,11,17H2. The van der Waals surface area contributed by atoms with Crippen LogP contribution in [0.4, 0.5) is 0 Å². The zero-order chi connectivity index (χ0) is 33.7. The Morgan fingerprint density at radius 3 is 1.76 bits per heavy atom. The first-order chi connectivity index (χ1) is 25.3. The molecule has 51 heavy (non-hydrogen) atoms. The van der Waals surface area contributed by atoms with Crippen molar-refractivity contribution in [1.82, 2.24) is 15.0 Å². The van der Waals surface area contributed by atoms with Crippen LogP contribution < -0.4 is 0 Å². The SMILES string of the molecule is C1=C(c2ccc(-c3nc(-c4ccccc4)nc(-c4ccc5c(c4)oc4c6ccccc6c(-c6ccccc6)cc54)n3)cc2)c2ccccc2CC1. The second-order valence-corrected chi connectivity index (χ2v) is 13.1. The van der Waals surface area contributed by atoms with Gasteiger partial charge in [-0.1, -0.05) is 146 Å². The molecular formula is C47H31N3O. The summed E-state index contributed by atoms with van der Waals surface area (Å²) in [7, 11) is 0. The number of furan rings is 1. The Labute approximate surface area is 295 Å². The molecule has 0 bridgehead atoms. The topological polar surface area (TPSA) is 51.8 Å². The van der Waals surface area contributed by atoms with E-state index in [-0.39, 0.29) is 0 Å². The fourth-order valence-corrected chi connectivity index (χ4v) is 7.50. The molecular weight excluding hydrogens is 623 g/mol. The molecule has 0 aliphatic heterocycles. The maximum absolute atomic E-state index is 6.67. The van der Waals surface area contributed by atoms with Crippen LogP contribution in [-0.2, 0) is 6.42 Å². The van der Waals surface area contributed by atoms with Gasteiger partial charge in [0.25, 0.3) is 0 Å². The molecule has 10 rings (SSSR count). The molecule has 240 valence electrons. The normalized spacial score (nSPS) is 12.7. The van der Waals surface area contributed by atoms with Gasteiger partial charge in [-0.05, 0) is 69.8 Å². The molecule has 0 spiro atoms. The second kappa shape index (κ2) is 12.0. The predicted octanol–water partition coefficient (Wildman–Crippen LogP) is 12.0. The minimum atomic E-state index is 0.601. The van der Waals surface area contributed by atoms with Crippen molar-refractivity contribution < 1.29 is 4.42 Å². The first kappa shape index (κ1) is 29.3. The summed E-state index contributed by atoms with van der Waals surface area (Å²) >= 11 is 0. The lowest BCUT2D eigenvalue weighted by atomic mass is 9.87. The van der Waals surface area contributed by atoms with E-state index in [2.05, 4.69) is 133 Å². The average Bonchev–Trinajstić information content (AvgIpc) is 3.59. The third-order valence-corrected chi connectivity index (χ3v) is 10.0. The molecule has 9 aromatic rings. The fourth-order valence-electron chi connectivity index (χ4n) is 7.50. The summed E-state index contributed by atoms with van der Waals surface area (Å²) in [6, 6.07) is 55.0. The fraction of sp³-hybridized carbons (Fsp3) is 0.0426. The van der Waals surface area contributed by atoms with Gasteiger partial charge < -0.3 is 4.42 Å². The first-order valence-corrected chi connectivity index (χ1v) is 17.4.